The number of carbonyl (C=O) groups is 1. The molecule has 0 aliphatic carbocycles. The van der Waals surface area contributed by atoms with Crippen LogP contribution in [0, 0.1) is 6.92 Å². The Hall–Kier alpha value is -3.86. The molecule has 174 valence electrons. The molecule has 0 fully saturated rings. The molecule has 5 nitrogen and oxygen atoms in total. The van der Waals surface area contributed by atoms with Crippen molar-refractivity contribution in [3.8, 4) is 5.75 Å². The minimum Gasteiger partial charge on any atom is -0.489 e. The molecule has 1 heterocycles. The topological polar surface area (TPSA) is 56.2 Å². The van der Waals surface area contributed by atoms with Gasteiger partial charge < -0.3 is 10.1 Å². The molecular formula is C29H31N3O2. The van der Waals surface area contributed by atoms with E-state index in [9.17, 15) is 4.79 Å². The first-order chi connectivity index (χ1) is 16.3. The molecule has 0 unspecified atom stereocenters. The van der Waals surface area contributed by atoms with Gasteiger partial charge in [-0.25, -0.2) is 0 Å². The van der Waals surface area contributed by atoms with Gasteiger partial charge in [0, 0.05) is 17.8 Å². The first-order valence-electron chi connectivity index (χ1n) is 11.5. The molecule has 3 aromatic carbocycles. The molecule has 4 aromatic rings. The molecule has 34 heavy (non-hydrogen) atoms. The van der Waals surface area contributed by atoms with Crippen LogP contribution in [-0.2, 0) is 18.6 Å². The van der Waals surface area contributed by atoms with E-state index in [0.29, 0.717) is 24.5 Å². The fraction of sp³-hybridized carbons (Fsp3) is 0.241. The zero-order valence-corrected chi connectivity index (χ0v) is 20.2. The number of benzene rings is 3. The van der Waals surface area contributed by atoms with Crippen molar-refractivity contribution in [3.63, 3.8) is 0 Å². The van der Waals surface area contributed by atoms with Gasteiger partial charge in [0.1, 0.15) is 12.4 Å². The first kappa shape index (κ1) is 23.3. The highest BCUT2D eigenvalue weighted by atomic mass is 16.5. The average Bonchev–Trinajstić information content (AvgIpc) is 3.24. The second-order valence-electron chi connectivity index (χ2n) is 9.61. The molecule has 0 aliphatic heterocycles. The lowest BCUT2D eigenvalue weighted by Crippen LogP contribution is -2.13. The van der Waals surface area contributed by atoms with E-state index in [4.69, 9.17) is 4.74 Å². The van der Waals surface area contributed by atoms with Crippen LogP contribution < -0.4 is 10.1 Å². The van der Waals surface area contributed by atoms with Gasteiger partial charge in [0.05, 0.1) is 6.54 Å². The number of aromatic nitrogens is 2. The van der Waals surface area contributed by atoms with E-state index in [-0.39, 0.29) is 11.3 Å². The Morgan fingerprint density at radius 3 is 2.41 bits per heavy atom. The second kappa shape index (κ2) is 9.96. The Kier molecular flexibility index (Phi) is 6.82. The van der Waals surface area contributed by atoms with Crippen molar-refractivity contribution in [3.05, 3.63) is 113 Å². The maximum Gasteiger partial charge on any atom is 0.256 e. The van der Waals surface area contributed by atoms with Crippen LogP contribution in [0.25, 0.3) is 0 Å². The molecular weight excluding hydrogens is 422 g/mol. The Labute approximate surface area is 201 Å². The molecule has 1 aromatic heterocycles. The smallest absolute Gasteiger partial charge is 0.256 e. The molecule has 0 saturated carbocycles. The lowest BCUT2D eigenvalue weighted by Gasteiger charge is -2.19. The monoisotopic (exact) mass is 453 g/mol. The second-order valence-corrected chi connectivity index (χ2v) is 9.61. The first-order valence-corrected chi connectivity index (χ1v) is 11.5. The summed E-state index contributed by atoms with van der Waals surface area (Å²) in [5.74, 6) is 1.14. The lowest BCUT2D eigenvalue weighted by molar-refractivity contribution is 0.102. The quantitative estimate of drug-likeness (QED) is 0.354. The summed E-state index contributed by atoms with van der Waals surface area (Å²) in [7, 11) is 0. The summed E-state index contributed by atoms with van der Waals surface area (Å²) < 4.78 is 7.75. The Morgan fingerprint density at radius 2 is 1.68 bits per heavy atom. The van der Waals surface area contributed by atoms with Crippen molar-refractivity contribution in [1.82, 2.24) is 9.78 Å². The Bertz CT molecular complexity index is 1270. The molecule has 0 saturated heterocycles. The van der Waals surface area contributed by atoms with Crippen LogP contribution in [0.15, 0.2) is 85.1 Å². The number of hydrogen-bond acceptors (Lipinski definition) is 3. The van der Waals surface area contributed by atoms with Crippen molar-refractivity contribution >= 4 is 11.7 Å². The summed E-state index contributed by atoms with van der Waals surface area (Å²) in [6, 6.07) is 25.7. The average molecular weight is 454 g/mol. The van der Waals surface area contributed by atoms with Crippen LogP contribution in [0.2, 0.25) is 0 Å². The van der Waals surface area contributed by atoms with Gasteiger partial charge in [-0.3, -0.25) is 9.48 Å². The molecule has 5 heteroatoms. The molecule has 0 atom stereocenters. The van der Waals surface area contributed by atoms with Crippen LogP contribution in [0.1, 0.15) is 53.4 Å². The van der Waals surface area contributed by atoms with E-state index in [1.165, 1.54) is 16.7 Å². The molecule has 4 rings (SSSR count). The molecule has 0 radical (unpaired) electrons. The van der Waals surface area contributed by atoms with Crippen LogP contribution in [0.4, 0.5) is 5.82 Å². The maximum atomic E-state index is 12.8. The minimum atomic E-state index is -0.197. The van der Waals surface area contributed by atoms with E-state index < -0.39 is 0 Å². The number of carbonyl (C=O) groups excluding carboxylic acids is 1. The predicted octanol–water partition coefficient (Wildman–Crippen LogP) is 6.37. The van der Waals surface area contributed by atoms with Gasteiger partial charge in [0.2, 0.25) is 0 Å². The van der Waals surface area contributed by atoms with Gasteiger partial charge in [0.15, 0.2) is 5.82 Å². The Morgan fingerprint density at radius 1 is 0.941 bits per heavy atom. The molecule has 0 bridgehead atoms. The fourth-order valence-electron chi connectivity index (χ4n) is 3.72. The van der Waals surface area contributed by atoms with Gasteiger partial charge >= 0.3 is 0 Å². The van der Waals surface area contributed by atoms with Crippen LogP contribution >= 0.6 is 0 Å². The highest BCUT2D eigenvalue weighted by Crippen LogP contribution is 2.24. The van der Waals surface area contributed by atoms with Crippen molar-refractivity contribution < 1.29 is 9.53 Å². The summed E-state index contributed by atoms with van der Waals surface area (Å²) in [6.07, 6.45) is 1.87. The number of nitrogens with one attached hydrogen (secondary N) is 1. The van der Waals surface area contributed by atoms with Crippen molar-refractivity contribution in [2.45, 2.75) is 46.3 Å². The number of aryl methyl sites for hydroxylation is 1. The predicted molar refractivity (Wildman–Crippen MR) is 136 cm³/mol. The van der Waals surface area contributed by atoms with Gasteiger partial charge in [-0.05, 0) is 53.3 Å². The highest BCUT2D eigenvalue weighted by Gasteiger charge is 2.13. The number of amides is 1. The van der Waals surface area contributed by atoms with Crippen LogP contribution in [0.5, 0.6) is 5.75 Å². The lowest BCUT2D eigenvalue weighted by atomic mass is 9.87. The summed E-state index contributed by atoms with van der Waals surface area (Å²) in [4.78, 5) is 12.8. The number of rotatable bonds is 7. The van der Waals surface area contributed by atoms with E-state index in [2.05, 4.69) is 68.4 Å². The van der Waals surface area contributed by atoms with E-state index >= 15 is 0 Å². The van der Waals surface area contributed by atoms with E-state index in [1.807, 2.05) is 53.3 Å². The normalized spacial score (nSPS) is 11.3. The van der Waals surface area contributed by atoms with Gasteiger partial charge in [-0.2, -0.15) is 5.10 Å². The molecule has 0 aliphatic rings. The van der Waals surface area contributed by atoms with Gasteiger partial charge in [0.25, 0.3) is 5.91 Å². The standard InChI is InChI=1S/C29H31N3O2/c1-21-7-5-8-22(17-21)19-32-16-15-27(31-32)30-28(33)24-10-6-9-23(18-24)20-34-26-13-11-25(12-14-26)29(2,3)4/h5-18H,19-20H2,1-4H3,(H,30,31,33). The summed E-state index contributed by atoms with van der Waals surface area (Å²) in [5.41, 5.74) is 5.25. The molecule has 1 N–H and O–H groups in total. The van der Waals surface area contributed by atoms with Crippen molar-refractivity contribution in [1.29, 1.82) is 0 Å². The van der Waals surface area contributed by atoms with Crippen molar-refractivity contribution in [2.75, 3.05) is 5.32 Å². The van der Waals surface area contributed by atoms with Crippen molar-refractivity contribution in [2.24, 2.45) is 0 Å². The molecule has 1 amide bonds. The third-order valence-corrected chi connectivity index (χ3v) is 5.62. The van der Waals surface area contributed by atoms with Crippen LogP contribution in [-0.4, -0.2) is 15.7 Å². The molecule has 0 spiro atoms. The van der Waals surface area contributed by atoms with Crippen LogP contribution in [0.3, 0.4) is 0 Å². The Balaban J connectivity index is 1.35. The highest BCUT2D eigenvalue weighted by molar-refractivity contribution is 6.03. The number of anilines is 1. The number of hydrogen-bond donors (Lipinski definition) is 1. The maximum absolute atomic E-state index is 12.8. The third-order valence-electron chi connectivity index (χ3n) is 5.62. The number of nitrogens with zero attached hydrogens (tertiary/aromatic N) is 2. The van der Waals surface area contributed by atoms with E-state index in [1.54, 1.807) is 6.07 Å². The van der Waals surface area contributed by atoms with E-state index in [0.717, 1.165) is 11.3 Å². The van der Waals surface area contributed by atoms with Gasteiger partial charge in [-0.15, -0.1) is 0 Å². The zero-order chi connectivity index (χ0) is 24.1. The third kappa shape index (κ3) is 6.13. The summed E-state index contributed by atoms with van der Waals surface area (Å²) >= 11 is 0. The summed E-state index contributed by atoms with van der Waals surface area (Å²) in [6.45, 7) is 9.68. The number of ether oxygens (including phenoxy) is 1. The largest absolute Gasteiger partial charge is 0.489 e. The van der Waals surface area contributed by atoms with Gasteiger partial charge in [-0.1, -0.05) is 74.9 Å². The minimum absolute atomic E-state index is 0.108. The SMILES string of the molecule is Cc1cccc(Cn2ccc(NC(=O)c3cccc(COc4ccc(C(C)(C)C)cc4)c3)n2)c1. The summed E-state index contributed by atoms with van der Waals surface area (Å²) in [5, 5.41) is 7.37. The fourth-order valence-corrected chi connectivity index (χ4v) is 3.72. The zero-order valence-electron chi connectivity index (χ0n) is 20.2.